The number of esters is 3. The minimum absolute atomic E-state index is 0.0686. The van der Waals surface area contributed by atoms with Crippen LogP contribution in [-0.4, -0.2) is 71.3 Å². The van der Waals surface area contributed by atoms with Crippen molar-refractivity contribution in [2.45, 2.75) is 58.3 Å². The highest BCUT2D eigenvalue weighted by Crippen LogP contribution is 2.40. The number of aryl methyl sites for hydroxylation is 1. The number of nitrogens with zero attached hydrogens (tertiary/aromatic N) is 3. The molecule has 0 fully saturated rings. The lowest BCUT2D eigenvalue weighted by molar-refractivity contribution is -0.870. The monoisotopic (exact) mass is 578 g/mol. The molecule has 4 heterocycles. The Morgan fingerprint density at radius 1 is 1.10 bits per heavy atom. The fraction of sp³-hybridized carbons (Fsp3) is 0.452. The molecular formula is C31H36N3O8+. The summed E-state index contributed by atoms with van der Waals surface area (Å²) in [6.45, 7) is 4.70. The van der Waals surface area contributed by atoms with Crippen molar-refractivity contribution in [3.63, 3.8) is 0 Å². The molecule has 0 radical (unpaired) electrons. The van der Waals surface area contributed by atoms with E-state index < -0.39 is 23.5 Å². The summed E-state index contributed by atoms with van der Waals surface area (Å²) in [7, 11) is 6.00. The SMILES string of the molecule is CCc1c2c(nc3ccc(OC(=O)CCC(=O)OCC[N+](C)(C)C)cc13)-c1cc3c(c(=O)n1C2)COC(=O)[C@]3(O)CC. The number of pyridine rings is 2. The minimum atomic E-state index is -1.89. The number of aliphatic hydroxyl groups is 1. The van der Waals surface area contributed by atoms with Crippen molar-refractivity contribution in [1.29, 1.82) is 0 Å². The van der Waals surface area contributed by atoms with Gasteiger partial charge in [-0.1, -0.05) is 13.8 Å². The van der Waals surface area contributed by atoms with Crippen LogP contribution in [0.3, 0.4) is 0 Å². The van der Waals surface area contributed by atoms with Crippen LogP contribution in [0.5, 0.6) is 5.75 Å². The normalized spacial score (nSPS) is 17.3. The maximum absolute atomic E-state index is 13.5. The van der Waals surface area contributed by atoms with Crippen molar-refractivity contribution in [2.24, 2.45) is 0 Å². The van der Waals surface area contributed by atoms with Gasteiger partial charge in [-0.3, -0.25) is 14.4 Å². The third-order valence-electron chi connectivity index (χ3n) is 7.92. The molecule has 3 aromatic rings. The van der Waals surface area contributed by atoms with Crippen LogP contribution in [0.25, 0.3) is 22.3 Å². The van der Waals surface area contributed by atoms with Gasteiger partial charge in [-0.2, -0.15) is 0 Å². The molecule has 11 heteroatoms. The number of rotatable bonds is 9. The lowest BCUT2D eigenvalue weighted by atomic mass is 9.86. The van der Waals surface area contributed by atoms with Gasteiger partial charge < -0.3 is 28.4 Å². The Kier molecular flexibility index (Phi) is 7.67. The van der Waals surface area contributed by atoms with Crippen molar-refractivity contribution in [2.75, 3.05) is 34.3 Å². The Labute approximate surface area is 243 Å². The van der Waals surface area contributed by atoms with Gasteiger partial charge in [0.2, 0.25) is 0 Å². The van der Waals surface area contributed by atoms with Crippen LogP contribution in [0.2, 0.25) is 0 Å². The van der Waals surface area contributed by atoms with E-state index in [1.54, 1.807) is 35.8 Å². The van der Waals surface area contributed by atoms with E-state index in [0.717, 1.165) is 16.5 Å². The average Bonchev–Trinajstić information content (AvgIpc) is 3.30. The van der Waals surface area contributed by atoms with E-state index in [0.29, 0.717) is 40.1 Å². The molecule has 1 N–H and O–H groups in total. The predicted molar refractivity (Wildman–Crippen MR) is 153 cm³/mol. The summed E-state index contributed by atoms with van der Waals surface area (Å²) in [6.07, 6.45) is 0.517. The number of ether oxygens (including phenoxy) is 3. The number of likely N-dealkylation sites (N-methyl/N-ethyl adjacent to an activating group) is 1. The number of benzene rings is 1. The Morgan fingerprint density at radius 2 is 1.83 bits per heavy atom. The Balaban J connectivity index is 1.40. The van der Waals surface area contributed by atoms with E-state index in [-0.39, 0.29) is 55.7 Å². The molecular weight excluding hydrogens is 542 g/mol. The van der Waals surface area contributed by atoms with E-state index >= 15 is 0 Å². The number of fused-ring (bicyclic) bond motifs is 5. The summed E-state index contributed by atoms with van der Waals surface area (Å²) >= 11 is 0. The molecule has 2 aliphatic heterocycles. The molecule has 42 heavy (non-hydrogen) atoms. The highest BCUT2D eigenvalue weighted by atomic mass is 16.6. The Hall–Kier alpha value is -4.09. The smallest absolute Gasteiger partial charge is 0.343 e. The van der Waals surface area contributed by atoms with E-state index in [4.69, 9.17) is 19.2 Å². The molecule has 5 rings (SSSR count). The number of cyclic esters (lactones) is 1. The lowest BCUT2D eigenvalue weighted by Gasteiger charge is -2.31. The second kappa shape index (κ2) is 11.0. The number of hydrogen-bond acceptors (Lipinski definition) is 9. The van der Waals surface area contributed by atoms with Crippen molar-refractivity contribution in [1.82, 2.24) is 9.55 Å². The first-order chi connectivity index (χ1) is 19.9. The van der Waals surface area contributed by atoms with Gasteiger partial charge >= 0.3 is 17.9 Å². The molecule has 2 aliphatic rings. The molecule has 1 aromatic carbocycles. The fourth-order valence-electron chi connectivity index (χ4n) is 5.50. The lowest BCUT2D eigenvalue weighted by Crippen LogP contribution is -2.44. The largest absolute Gasteiger partial charge is 0.460 e. The zero-order valence-corrected chi connectivity index (χ0v) is 24.6. The van der Waals surface area contributed by atoms with Crippen LogP contribution in [0.4, 0.5) is 0 Å². The average molecular weight is 579 g/mol. The van der Waals surface area contributed by atoms with Gasteiger partial charge in [0.1, 0.15) is 25.5 Å². The molecule has 0 unspecified atom stereocenters. The number of carbonyl (C=O) groups is 3. The number of quaternary nitrogens is 1. The van der Waals surface area contributed by atoms with Crippen molar-refractivity contribution in [3.8, 4) is 17.1 Å². The topological polar surface area (TPSA) is 134 Å². The zero-order valence-electron chi connectivity index (χ0n) is 24.6. The molecule has 0 saturated carbocycles. The molecule has 0 amide bonds. The van der Waals surface area contributed by atoms with E-state index in [1.165, 1.54) is 0 Å². The second-order valence-electron chi connectivity index (χ2n) is 11.8. The van der Waals surface area contributed by atoms with Crippen molar-refractivity contribution in [3.05, 3.63) is 56.9 Å². The first kappa shape index (κ1) is 29.4. The molecule has 11 nitrogen and oxygen atoms in total. The first-order valence-electron chi connectivity index (χ1n) is 14.2. The van der Waals surface area contributed by atoms with Gasteiger partial charge in [0.25, 0.3) is 5.56 Å². The van der Waals surface area contributed by atoms with Crippen molar-refractivity contribution < 1.29 is 38.2 Å². The molecule has 0 aliphatic carbocycles. The van der Waals surface area contributed by atoms with E-state index in [9.17, 15) is 24.3 Å². The summed E-state index contributed by atoms with van der Waals surface area (Å²) in [6, 6.07) is 6.82. The van der Waals surface area contributed by atoms with Crippen LogP contribution in [0, 0.1) is 0 Å². The maximum Gasteiger partial charge on any atom is 0.343 e. The highest BCUT2D eigenvalue weighted by Gasteiger charge is 2.45. The number of hydrogen-bond donors (Lipinski definition) is 1. The van der Waals surface area contributed by atoms with Gasteiger partial charge in [0.15, 0.2) is 5.60 Å². The molecule has 2 aromatic heterocycles. The maximum atomic E-state index is 13.5. The fourth-order valence-corrected chi connectivity index (χ4v) is 5.50. The minimum Gasteiger partial charge on any atom is -0.460 e. The predicted octanol–water partition coefficient (Wildman–Crippen LogP) is 2.58. The first-order valence-corrected chi connectivity index (χ1v) is 14.2. The van der Waals surface area contributed by atoms with Gasteiger partial charge in [0.05, 0.1) is 63.0 Å². The van der Waals surface area contributed by atoms with Crippen LogP contribution in [0.1, 0.15) is 55.4 Å². The molecule has 222 valence electrons. The molecule has 0 bridgehead atoms. The standard InChI is InChI=1S/C31H36N3O8/c1-6-19-20-14-18(42-27(36)11-10-26(35)40-13-12-34(3,4)5)8-9-24(20)32-28-21(19)16-33-25(28)15-23-22(29(33)37)17-41-30(38)31(23,39)7-2/h8-9,14-15,39H,6-7,10-13,16-17H2,1-5H3/q+1/t31-/m0/s1. The van der Waals surface area contributed by atoms with Gasteiger partial charge in [0, 0.05) is 16.5 Å². The number of aromatic nitrogens is 2. The van der Waals surface area contributed by atoms with Gasteiger partial charge in [-0.25, -0.2) is 9.78 Å². The van der Waals surface area contributed by atoms with Gasteiger partial charge in [-0.15, -0.1) is 0 Å². The van der Waals surface area contributed by atoms with E-state index in [2.05, 4.69) is 0 Å². The molecule has 1 atom stereocenters. The summed E-state index contributed by atoms with van der Waals surface area (Å²) in [5, 5.41) is 11.9. The summed E-state index contributed by atoms with van der Waals surface area (Å²) in [4.78, 5) is 55.3. The quantitative estimate of drug-likeness (QED) is 0.181. The number of carbonyl (C=O) groups excluding carboxylic acids is 3. The molecule has 0 saturated heterocycles. The van der Waals surface area contributed by atoms with Crippen LogP contribution < -0.4 is 10.3 Å². The summed E-state index contributed by atoms with van der Waals surface area (Å²) in [5.74, 6) is -1.43. The second-order valence-corrected chi connectivity index (χ2v) is 11.8. The summed E-state index contributed by atoms with van der Waals surface area (Å²) < 4.78 is 18.2. The van der Waals surface area contributed by atoms with Crippen LogP contribution >= 0.6 is 0 Å². The highest BCUT2D eigenvalue weighted by molar-refractivity contribution is 5.90. The van der Waals surface area contributed by atoms with Gasteiger partial charge in [-0.05, 0) is 42.7 Å². The van der Waals surface area contributed by atoms with Crippen LogP contribution in [0.15, 0.2) is 29.1 Å². The van der Waals surface area contributed by atoms with Crippen molar-refractivity contribution >= 4 is 28.8 Å². The Morgan fingerprint density at radius 3 is 2.52 bits per heavy atom. The third-order valence-corrected chi connectivity index (χ3v) is 7.92. The Bertz CT molecular complexity index is 1670. The van der Waals surface area contributed by atoms with Crippen LogP contribution in [-0.2, 0) is 49.0 Å². The summed E-state index contributed by atoms with van der Waals surface area (Å²) in [5.41, 5.74) is 1.93. The zero-order chi connectivity index (χ0) is 30.4. The molecule has 0 spiro atoms. The van der Waals surface area contributed by atoms with E-state index in [1.807, 2.05) is 28.1 Å². The third kappa shape index (κ3) is 5.30.